The lowest BCUT2D eigenvalue weighted by Gasteiger charge is -2.21. The van der Waals surface area contributed by atoms with Crippen LogP contribution in [0.15, 0.2) is 12.5 Å². The van der Waals surface area contributed by atoms with Gasteiger partial charge >= 0.3 is 12.0 Å². The van der Waals surface area contributed by atoms with E-state index in [1.165, 1.54) is 6.33 Å². The van der Waals surface area contributed by atoms with Crippen LogP contribution >= 0.6 is 0 Å². The van der Waals surface area contributed by atoms with E-state index < -0.39 is 12.0 Å². The van der Waals surface area contributed by atoms with E-state index in [1.807, 2.05) is 0 Å². The quantitative estimate of drug-likeness (QED) is 0.696. The van der Waals surface area contributed by atoms with Gasteiger partial charge in [-0.15, -0.1) is 0 Å². The number of aliphatic carboxylic acids is 1. The Hall–Kier alpha value is -2.05. The second-order valence-electron chi connectivity index (χ2n) is 4.95. The van der Waals surface area contributed by atoms with Crippen LogP contribution in [0.5, 0.6) is 0 Å². The Morgan fingerprint density at radius 1 is 1.63 bits per heavy atom. The summed E-state index contributed by atoms with van der Waals surface area (Å²) in [5.74, 6) is -0.477. The first-order valence-corrected chi connectivity index (χ1v) is 6.28. The van der Waals surface area contributed by atoms with Crippen LogP contribution in [-0.2, 0) is 11.2 Å². The Morgan fingerprint density at radius 2 is 2.37 bits per heavy atom. The number of aromatic nitrogens is 2. The number of hydrogen-bond acceptors (Lipinski definition) is 3. The van der Waals surface area contributed by atoms with E-state index >= 15 is 0 Å². The average Bonchev–Trinajstić information content (AvgIpc) is 3.02. The van der Waals surface area contributed by atoms with Gasteiger partial charge in [-0.05, 0) is 18.8 Å². The Balaban J connectivity index is 1.88. The van der Waals surface area contributed by atoms with Crippen LogP contribution in [0.1, 0.15) is 18.5 Å². The highest BCUT2D eigenvalue weighted by Gasteiger charge is 2.27. The van der Waals surface area contributed by atoms with E-state index in [9.17, 15) is 9.59 Å². The molecule has 3 N–H and O–H groups in total. The number of carbonyl (C=O) groups is 2. The second-order valence-corrected chi connectivity index (χ2v) is 4.95. The summed E-state index contributed by atoms with van der Waals surface area (Å²) >= 11 is 0. The number of nitrogens with zero attached hydrogens (tertiary/aromatic N) is 2. The molecule has 0 aliphatic heterocycles. The van der Waals surface area contributed by atoms with E-state index in [0.717, 1.165) is 12.8 Å². The van der Waals surface area contributed by atoms with E-state index in [1.54, 1.807) is 18.1 Å². The molecule has 2 amide bonds. The Bertz CT molecular complexity index is 442. The van der Waals surface area contributed by atoms with Crippen LogP contribution in [0.3, 0.4) is 0 Å². The summed E-state index contributed by atoms with van der Waals surface area (Å²) in [6.45, 7) is 0.683. The van der Waals surface area contributed by atoms with Crippen LogP contribution in [0.25, 0.3) is 0 Å². The van der Waals surface area contributed by atoms with Crippen LogP contribution in [0.4, 0.5) is 4.79 Å². The van der Waals surface area contributed by atoms with E-state index in [-0.39, 0.29) is 12.5 Å². The molecule has 1 aliphatic rings. The molecule has 1 aromatic rings. The molecule has 2 rings (SSSR count). The average molecular weight is 266 g/mol. The summed E-state index contributed by atoms with van der Waals surface area (Å²) in [5.41, 5.74) is 0.678. The molecule has 1 aromatic heterocycles. The highest BCUT2D eigenvalue weighted by molar-refractivity contribution is 5.82. The lowest BCUT2D eigenvalue weighted by Crippen LogP contribution is -2.48. The second kappa shape index (κ2) is 5.73. The minimum atomic E-state index is -1.05. The maximum Gasteiger partial charge on any atom is 0.326 e. The Morgan fingerprint density at radius 3 is 2.89 bits per heavy atom. The van der Waals surface area contributed by atoms with Crippen molar-refractivity contribution in [1.29, 1.82) is 0 Å². The Kier molecular flexibility index (Phi) is 4.03. The predicted octanol–water partition coefficient (Wildman–Crippen LogP) is 0.457. The van der Waals surface area contributed by atoms with Gasteiger partial charge in [0.05, 0.1) is 6.33 Å². The third-order valence-electron chi connectivity index (χ3n) is 3.15. The molecule has 7 heteroatoms. The van der Waals surface area contributed by atoms with Crippen molar-refractivity contribution >= 4 is 12.0 Å². The third-order valence-corrected chi connectivity index (χ3v) is 3.15. The van der Waals surface area contributed by atoms with Crippen LogP contribution < -0.4 is 5.32 Å². The van der Waals surface area contributed by atoms with Crippen molar-refractivity contribution in [2.24, 2.45) is 5.92 Å². The van der Waals surface area contributed by atoms with Gasteiger partial charge in [0, 0.05) is 31.9 Å². The molecule has 1 fully saturated rings. The summed E-state index contributed by atoms with van der Waals surface area (Å²) in [4.78, 5) is 31.2. The molecular weight excluding hydrogens is 248 g/mol. The summed E-state index contributed by atoms with van der Waals surface area (Å²) in [7, 11) is 1.68. The predicted molar refractivity (Wildman–Crippen MR) is 67.6 cm³/mol. The van der Waals surface area contributed by atoms with Crippen LogP contribution in [-0.4, -0.2) is 51.6 Å². The zero-order chi connectivity index (χ0) is 13.8. The molecule has 19 heavy (non-hydrogen) atoms. The van der Waals surface area contributed by atoms with E-state index in [2.05, 4.69) is 15.3 Å². The molecule has 1 heterocycles. The number of amides is 2. The van der Waals surface area contributed by atoms with Gasteiger partial charge in [0.2, 0.25) is 0 Å². The number of H-pyrrole nitrogens is 1. The van der Waals surface area contributed by atoms with Gasteiger partial charge in [-0.25, -0.2) is 14.6 Å². The molecule has 1 atom stereocenters. The third kappa shape index (κ3) is 3.97. The fourth-order valence-electron chi connectivity index (χ4n) is 1.85. The summed E-state index contributed by atoms with van der Waals surface area (Å²) in [5, 5.41) is 11.7. The lowest BCUT2D eigenvalue weighted by atomic mass is 10.1. The number of carboxylic acid groups (broad SMARTS) is 1. The first kappa shape index (κ1) is 13.4. The molecule has 1 aliphatic carbocycles. The van der Waals surface area contributed by atoms with Gasteiger partial charge in [0.15, 0.2) is 0 Å². The minimum absolute atomic E-state index is 0.193. The highest BCUT2D eigenvalue weighted by Crippen LogP contribution is 2.29. The zero-order valence-corrected chi connectivity index (χ0v) is 10.8. The fourth-order valence-corrected chi connectivity index (χ4v) is 1.85. The van der Waals surface area contributed by atoms with Crippen molar-refractivity contribution in [3.8, 4) is 0 Å². The SMILES string of the molecule is CN(CC1CC1)C(=O)NC(Cc1cnc[nH]1)C(=O)O. The zero-order valence-electron chi connectivity index (χ0n) is 10.8. The van der Waals surface area contributed by atoms with Gasteiger partial charge in [-0.1, -0.05) is 0 Å². The first-order valence-electron chi connectivity index (χ1n) is 6.28. The molecule has 0 spiro atoms. The Labute approximate surface area is 111 Å². The van der Waals surface area contributed by atoms with Crippen molar-refractivity contribution in [1.82, 2.24) is 20.2 Å². The number of hydrogen-bond donors (Lipinski definition) is 3. The smallest absolute Gasteiger partial charge is 0.326 e. The molecule has 1 saturated carbocycles. The summed E-state index contributed by atoms with van der Waals surface area (Å²) in [6.07, 6.45) is 5.52. The number of rotatable bonds is 6. The van der Waals surface area contributed by atoms with E-state index in [4.69, 9.17) is 5.11 Å². The molecule has 7 nitrogen and oxygen atoms in total. The molecule has 0 bridgehead atoms. The molecule has 0 aromatic carbocycles. The monoisotopic (exact) mass is 266 g/mol. The standard InChI is InChI=1S/C12H18N4O3/c1-16(6-8-2-3-8)12(19)15-10(11(17)18)4-9-5-13-7-14-9/h5,7-8,10H,2-4,6H2,1H3,(H,13,14)(H,15,19)(H,17,18). The maximum absolute atomic E-state index is 11.9. The van der Waals surface area contributed by atoms with Gasteiger partial charge in [-0.2, -0.15) is 0 Å². The van der Waals surface area contributed by atoms with Gasteiger partial charge < -0.3 is 20.3 Å². The van der Waals surface area contributed by atoms with Crippen molar-refractivity contribution < 1.29 is 14.7 Å². The number of nitrogens with one attached hydrogen (secondary N) is 2. The number of urea groups is 1. The molecule has 0 saturated heterocycles. The summed E-state index contributed by atoms with van der Waals surface area (Å²) < 4.78 is 0. The first-order chi connectivity index (χ1) is 9.06. The minimum Gasteiger partial charge on any atom is -0.480 e. The molecule has 104 valence electrons. The van der Waals surface area contributed by atoms with E-state index in [0.29, 0.717) is 18.2 Å². The van der Waals surface area contributed by atoms with Crippen molar-refractivity contribution in [3.63, 3.8) is 0 Å². The van der Waals surface area contributed by atoms with Crippen molar-refractivity contribution in [2.75, 3.05) is 13.6 Å². The van der Waals surface area contributed by atoms with Gasteiger partial charge in [0.25, 0.3) is 0 Å². The number of carbonyl (C=O) groups excluding carboxylic acids is 1. The van der Waals surface area contributed by atoms with Crippen LogP contribution in [0, 0.1) is 5.92 Å². The van der Waals surface area contributed by atoms with Gasteiger partial charge in [-0.3, -0.25) is 0 Å². The van der Waals surface area contributed by atoms with Gasteiger partial charge in [0.1, 0.15) is 6.04 Å². The topological polar surface area (TPSA) is 98.3 Å². The normalized spacial score (nSPS) is 15.8. The lowest BCUT2D eigenvalue weighted by molar-refractivity contribution is -0.139. The number of carboxylic acids is 1. The molecular formula is C12H18N4O3. The fraction of sp³-hybridized carbons (Fsp3) is 0.583. The number of imidazole rings is 1. The van der Waals surface area contributed by atoms with Crippen LogP contribution in [0.2, 0.25) is 0 Å². The molecule has 1 unspecified atom stereocenters. The van der Waals surface area contributed by atoms with Crippen molar-refractivity contribution in [2.45, 2.75) is 25.3 Å². The highest BCUT2D eigenvalue weighted by atomic mass is 16.4. The number of aromatic amines is 1. The maximum atomic E-state index is 11.9. The molecule has 0 radical (unpaired) electrons. The largest absolute Gasteiger partial charge is 0.480 e. The van der Waals surface area contributed by atoms with Crippen molar-refractivity contribution in [3.05, 3.63) is 18.2 Å². The summed E-state index contributed by atoms with van der Waals surface area (Å²) in [6, 6.07) is -1.30.